The Balaban J connectivity index is 2.27. The Kier molecular flexibility index (Phi) is 3.33. The lowest BCUT2D eigenvalue weighted by molar-refractivity contribution is 0.642. The normalized spacial score (nSPS) is 16.3. The molecule has 86 valence electrons. The second-order valence-electron chi connectivity index (χ2n) is 4.18. The van der Waals surface area contributed by atoms with Gasteiger partial charge in [0, 0.05) is 13.1 Å². The molecule has 0 bridgehead atoms. The second-order valence-corrected chi connectivity index (χ2v) is 4.62. The van der Waals surface area contributed by atoms with E-state index >= 15 is 0 Å². The van der Waals surface area contributed by atoms with E-state index in [4.69, 9.17) is 18.0 Å². The maximum atomic E-state index is 5.69. The lowest BCUT2D eigenvalue weighted by Crippen LogP contribution is -2.32. The summed E-state index contributed by atoms with van der Waals surface area (Å²) < 4.78 is 0. The third-order valence-electron chi connectivity index (χ3n) is 3.17. The Bertz CT molecular complexity index is 387. The number of anilines is 1. The summed E-state index contributed by atoms with van der Waals surface area (Å²) >= 11 is 5.03. The molecule has 1 heterocycles. The van der Waals surface area contributed by atoms with Crippen molar-refractivity contribution in [3.8, 4) is 0 Å². The van der Waals surface area contributed by atoms with Gasteiger partial charge in [0.2, 0.25) is 0 Å². The van der Waals surface area contributed by atoms with E-state index < -0.39 is 0 Å². The molecule has 1 fully saturated rings. The van der Waals surface area contributed by atoms with Crippen LogP contribution >= 0.6 is 12.2 Å². The number of rotatable bonds is 3. The molecular formula is C11H16N4S. The molecule has 0 unspecified atom stereocenters. The first-order valence-corrected chi connectivity index (χ1v) is 5.95. The summed E-state index contributed by atoms with van der Waals surface area (Å²) in [5.74, 6) is 0.807. The zero-order valence-corrected chi connectivity index (χ0v) is 10.2. The number of hydrogen-bond acceptors (Lipinski definition) is 4. The Morgan fingerprint density at radius 1 is 1.50 bits per heavy atom. The Morgan fingerprint density at radius 3 is 2.81 bits per heavy atom. The van der Waals surface area contributed by atoms with Crippen molar-refractivity contribution in [2.45, 2.75) is 31.7 Å². The van der Waals surface area contributed by atoms with E-state index in [0.29, 0.717) is 11.0 Å². The van der Waals surface area contributed by atoms with Crippen LogP contribution in [0.15, 0.2) is 12.3 Å². The predicted octanol–water partition coefficient (Wildman–Crippen LogP) is 1.49. The monoisotopic (exact) mass is 236 g/mol. The maximum Gasteiger partial charge on any atom is 0.161 e. The first-order chi connectivity index (χ1) is 7.70. The highest BCUT2D eigenvalue weighted by atomic mass is 32.1. The van der Waals surface area contributed by atoms with Crippen molar-refractivity contribution in [2.75, 3.05) is 11.9 Å². The summed E-state index contributed by atoms with van der Waals surface area (Å²) in [4.78, 5) is 2.55. The van der Waals surface area contributed by atoms with Crippen LogP contribution in [0.25, 0.3) is 0 Å². The smallest absolute Gasteiger partial charge is 0.161 e. The van der Waals surface area contributed by atoms with E-state index in [1.807, 2.05) is 13.1 Å². The minimum Gasteiger partial charge on any atom is -0.389 e. The van der Waals surface area contributed by atoms with E-state index in [0.717, 1.165) is 11.4 Å². The van der Waals surface area contributed by atoms with Crippen LogP contribution in [-0.2, 0) is 0 Å². The standard InChI is InChI=1S/C11H16N4S/c1-15(8-4-2-3-5-8)11-9(10(12)16)6-7-13-14-11/h6-8H,2-5H2,1H3,(H2,12,16). The summed E-state index contributed by atoms with van der Waals surface area (Å²) in [6.45, 7) is 0. The van der Waals surface area contributed by atoms with Crippen LogP contribution in [0.3, 0.4) is 0 Å². The van der Waals surface area contributed by atoms with E-state index in [2.05, 4.69) is 15.1 Å². The minimum atomic E-state index is 0.384. The maximum absolute atomic E-state index is 5.69. The van der Waals surface area contributed by atoms with E-state index in [9.17, 15) is 0 Å². The van der Waals surface area contributed by atoms with E-state index in [-0.39, 0.29) is 0 Å². The van der Waals surface area contributed by atoms with Crippen molar-refractivity contribution in [1.29, 1.82) is 0 Å². The van der Waals surface area contributed by atoms with Crippen molar-refractivity contribution in [3.63, 3.8) is 0 Å². The van der Waals surface area contributed by atoms with Gasteiger partial charge in [0.05, 0.1) is 11.8 Å². The topological polar surface area (TPSA) is 55.0 Å². The zero-order chi connectivity index (χ0) is 11.5. The molecule has 0 amide bonds. The summed E-state index contributed by atoms with van der Waals surface area (Å²) in [7, 11) is 2.04. The van der Waals surface area contributed by atoms with Gasteiger partial charge in [0.1, 0.15) is 4.99 Å². The lowest BCUT2D eigenvalue weighted by atomic mass is 10.2. The molecule has 1 aromatic heterocycles. The molecule has 0 atom stereocenters. The highest BCUT2D eigenvalue weighted by Gasteiger charge is 2.23. The lowest BCUT2D eigenvalue weighted by Gasteiger charge is -2.26. The molecule has 4 nitrogen and oxygen atoms in total. The molecule has 1 aliphatic rings. The van der Waals surface area contributed by atoms with Gasteiger partial charge >= 0.3 is 0 Å². The van der Waals surface area contributed by atoms with Crippen molar-refractivity contribution in [3.05, 3.63) is 17.8 Å². The third kappa shape index (κ3) is 2.14. The van der Waals surface area contributed by atoms with Gasteiger partial charge in [-0.1, -0.05) is 25.1 Å². The Morgan fingerprint density at radius 2 is 2.19 bits per heavy atom. The second kappa shape index (κ2) is 4.74. The van der Waals surface area contributed by atoms with Gasteiger partial charge in [-0.3, -0.25) is 0 Å². The molecule has 2 rings (SSSR count). The summed E-state index contributed by atoms with van der Waals surface area (Å²) in [5, 5.41) is 8.07. The molecule has 2 N–H and O–H groups in total. The van der Waals surface area contributed by atoms with E-state index in [1.165, 1.54) is 25.7 Å². The van der Waals surface area contributed by atoms with Gasteiger partial charge in [-0.15, -0.1) is 5.10 Å². The zero-order valence-electron chi connectivity index (χ0n) is 9.39. The molecule has 1 aliphatic carbocycles. The molecule has 5 heteroatoms. The SMILES string of the molecule is CN(c1nnccc1C(N)=S)C1CCCC1. The van der Waals surface area contributed by atoms with Gasteiger partial charge in [-0.25, -0.2) is 0 Å². The van der Waals surface area contributed by atoms with Crippen molar-refractivity contribution in [1.82, 2.24) is 10.2 Å². The molecule has 1 aromatic rings. The van der Waals surface area contributed by atoms with Gasteiger partial charge < -0.3 is 10.6 Å². The number of hydrogen-bond donors (Lipinski definition) is 1. The first-order valence-electron chi connectivity index (χ1n) is 5.54. The summed E-state index contributed by atoms with van der Waals surface area (Å²) in [6, 6.07) is 2.38. The van der Waals surface area contributed by atoms with E-state index in [1.54, 1.807) is 6.20 Å². The van der Waals surface area contributed by atoms with Crippen LogP contribution in [0.4, 0.5) is 5.82 Å². The summed E-state index contributed by atoms with van der Waals surface area (Å²) in [5.41, 5.74) is 6.51. The Labute approximate surface area is 101 Å². The third-order valence-corrected chi connectivity index (χ3v) is 3.39. The molecule has 0 saturated heterocycles. The van der Waals surface area contributed by atoms with Gasteiger partial charge in [-0.05, 0) is 18.9 Å². The van der Waals surface area contributed by atoms with Gasteiger partial charge in [0.25, 0.3) is 0 Å². The summed E-state index contributed by atoms with van der Waals surface area (Å²) in [6.07, 6.45) is 6.63. The van der Waals surface area contributed by atoms with Gasteiger partial charge in [0.15, 0.2) is 5.82 Å². The quantitative estimate of drug-likeness (QED) is 0.806. The van der Waals surface area contributed by atoms with Crippen LogP contribution in [0, 0.1) is 0 Å². The van der Waals surface area contributed by atoms with Crippen molar-refractivity contribution in [2.24, 2.45) is 5.73 Å². The number of nitrogens with zero attached hydrogens (tertiary/aromatic N) is 3. The molecule has 0 aliphatic heterocycles. The highest BCUT2D eigenvalue weighted by molar-refractivity contribution is 7.80. The highest BCUT2D eigenvalue weighted by Crippen LogP contribution is 2.27. The molecule has 1 saturated carbocycles. The van der Waals surface area contributed by atoms with Crippen molar-refractivity contribution < 1.29 is 0 Å². The molecule has 0 aromatic carbocycles. The van der Waals surface area contributed by atoms with Crippen LogP contribution in [0.2, 0.25) is 0 Å². The minimum absolute atomic E-state index is 0.384. The Hall–Kier alpha value is -1.23. The predicted molar refractivity (Wildman–Crippen MR) is 68.6 cm³/mol. The largest absolute Gasteiger partial charge is 0.389 e. The fourth-order valence-corrected chi connectivity index (χ4v) is 2.40. The average molecular weight is 236 g/mol. The van der Waals surface area contributed by atoms with Crippen LogP contribution in [-0.4, -0.2) is 28.3 Å². The average Bonchev–Trinajstić information content (AvgIpc) is 2.81. The number of thiocarbonyl (C=S) groups is 1. The fourth-order valence-electron chi connectivity index (χ4n) is 2.24. The fraction of sp³-hybridized carbons (Fsp3) is 0.545. The first kappa shape index (κ1) is 11.3. The van der Waals surface area contributed by atoms with Gasteiger partial charge in [-0.2, -0.15) is 5.10 Å². The van der Waals surface area contributed by atoms with Crippen molar-refractivity contribution >= 4 is 23.0 Å². The molecule has 16 heavy (non-hydrogen) atoms. The van der Waals surface area contributed by atoms with Crippen LogP contribution < -0.4 is 10.6 Å². The van der Waals surface area contributed by atoms with Crippen LogP contribution in [0.5, 0.6) is 0 Å². The molecule has 0 radical (unpaired) electrons. The molecule has 0 spiro atoms. The number of aromatic nitrogens is 2. The van der Waals surface area contributed by atoms with Crippen LogP contribution in [0.1, 0.15) is 31.2 Å². The molecular weight excluding hydrogens is 220 g/mol. The number of nitrogens with two attached hydrogens (primary N) is 1.